The van der Waals surface area contributed by atoms with Crippen LogP contribution < -0.4 is 5.32 Å². The summed E-state index contributed by atoms with van der Waals surface area (Å²) in [7, 11) is 0. The van der Waals surface area contributed by atoms with Crippen molar-refractivity contribution in [2.24, 2.45) is 0 Å². The van der Waals surface area contributed by atoms with E-state index in [0.29, 0.717) is 6.54 Å². The predicted octanol–water partition coefficient (Wildman–Crippen LogP) is -0.167. The van der Waals surface area contributed by atoms with Crippen LogP contribution in [0.3, 0.4) is 0 Å². The van der Waals surface area contributed by atoms with Gasteiger partial charge in [-0.1, -0.05) is 6.92 Å². The van der Waals surface area contributed by atoms with Gasteiger partial charge in [0, 0.05) is 6.54 Å². The van der Waals surface area contributed by atoms with Crippen LogP contribution in [0.5, 0.6) is 0 Å². The Morgan fingerprint density at radius 2 is 2.07 bits per heavy atom. The zero-order valence-corrected chi connectivity index (χ0v) is 9.40. The van der Waals surface area contributed by atoms with E-state index < -0.39 is 18.2 Å². The first-order chi connectivity index (χ1) is 7.03. The fourth-order valence-corrected chi connectivity index (χ4v) is 2.01. The molecule has 88 valence electrons. The standard InChI is InChI=1S/C10H19NO4/c1-4-11-5-6-7(12)8-9(13-6)15-10(2,3)14-8/h6-9,11-12H,4-5H2,1-3H3/t6-,7+,8-,9-/m1/s1. The molecule has 2 aliphatic rings. The van der Waals surface area contributed by atoms with E-state index >= 15 is 0 Å². The zero-order chi connectivity index (χ0) is 11.1. The maximum atomic E-state index is 9.95. The summed E-state index contributed by atoms with van der Waals surface area (Å²) in [6.07, 6.45) is -1.64. The maximum Gasteiger partial charge on any atom is 0.190 e. The summed E-state index contributed by atoms with van der Waals surface area (Å²) in [6, 6.07) is 0. The Kier molecular flexibility index (Phi) is 3.00. The van der Waals surface area contributed by atoms with E-state index in [4.69, 9.17) is 14.2 Å². The molecule has 0 radical (unpaired) electrons. The van der Waals surface area contributed by atoms with Crippen molar-refractivity contribution < 1.29 is 19.3 Å². The molecule has 0 aromatic heterocycles. The number of fused-ring (bicyclic) bond motifs is 1. The number of hydrogen-bond acceptors (Lipinski definition) is 5. The van der Waals surface area contributed by atoms with Crippen molar-refractivity contribution in [3.63, 3.8) is 0 Å². The van der Waals surface area contributed by atoms with Crippen molar-refractivity contribution in [1.82, 2.24) is 5.32 Å². The number of rotatable bonds is 3. The van der Waals surface area contributed by atoms with Gasteiger partial charge in [0.25, 0.3) is 0 Å². The summed E-state index contributed by atoms with van der Waals surface area (Å²) in [5.74, 6) is -0.653. The number of ether oxygens (including phenoxy) is 3. The third-order valence-corrected chi connectivity index (χ3v) is 2.71. The Hall–Kier alpha value is -0.200. The van der Waals surface area contributed by atoms with E-state index in [1.165, 1.54) is 0 Å². The van der Waals surface area contributed by atoms with Crippen LogP contribution in [-0.2, 0) is 14.2 Å². The van der Waals surface area contributed by atoms with E-state index in [-0.39, 0.29) is 12.2 Å². The highest BCUT2D eigenvalue weighted by atomic mass is 16.8. The first-order valence-electron chi connectivity index (χ1n) is 5.43. The van der Waals surface area contributed by atoms with Crippen molar-refractivity contribution >= 4 is 0 Å². The summed E-state index contributed by atoms with van der Waals surface area (Å²) >= 11 is 0. The van der Waals surface area contributed by atoms with Gasteiger partial charge in [0.05, 0.1) is 0 Å². The Morgan fingerprint density at radius 3 is 2.67 bits per heavy atom. The first kappa shape index (κ1) is 11.3. The Bertz CT molecular complexity index is 233. The van der Waals surface area contributed by atoms with Crippen molar-refractivity contribution in [2.75, 3.05) is 13.1 Å². The molecule has 2 N–H and O–H groups in total. The van der Waals surface area contributed by atoms with E-state index in [2.05, 4.69) is 5.32 Å². The van der Waals surface area contributed by atoms with E-state index in [1.807, 2.05) is 20.8 Å². The molecule has 0 unspecified atom stereocenters. The molecular weight excluding hydrogens is 198 g/mol. The molecule has 2 saturated heterocycles. The molecule has 5 nitrogen and oxygen atoms in total. The number of likely N-dealkylation sites (N-methyl/N-ethyl adjacent to an activating group) is 1. The van der Waals surface area contributed by atoms with Gasteiger partial charge in [0.2, 0.25) is 0 Å². The number of nitrogens with one attached hydrogen (secondary N) is 1. The van der Waals surface area contributed by atoms with Crippen molar-refractivity contribution in [3.05, 3.63) is 0 Å². The summed E-state index contributed by atoms with van der Waals surface area (Å²) in [5.41, 5.74) is 0. The SMILES string of the molecule is CCNC[C@H]1O[C@@H]2OC(C)(C)O[C@@H]2[C@H]1O. The average Bonchev–Trinajstić information content (AvgIpc) is 2.58. The highest BCUT2D eigenvalue weighted by Gasteiger charge is 2.53. The molecule has 0 aromatic carbocycles. The van der Waals surface area contributed by atoms with Crippen LogP contribution in [0, 0.1) is 0 Å². The molecule has 0 bridgehead atoms. The lowest BCUT2D eigenvalue weighted by Gasteiger charge is -2.22. The molecular formula is C10H19NO4. The second-order valence-corrected chi connectivity index (χ2v) is 4.44. The fraction of sp³-hybridized carbons (Fsp3) is 1.00. The van der Waals surface area contributed by atoms with Gasteiger partial charge in [-0.15, -0.1) is 0 Å². The minimum Gasteiger partial charge on any atom is -0.387 e. The summed E-state index contributed by atoms with van der Waals surface area (Å²) < 4.78 is 16.7. The van der Waals surface area contributed by atoms with Gasteiger partial charge in [-0.05, 0) is 20.4 Å². The molecule has 2 aliphatic heterocycles. The lowest BCUT2D eigenvalue weighted by Crippen LogP contribution is -2.39. The van der Waals surface area contributed by atoms with Crippen molar-refractivity contribution in [3.8, 4) is 0 Å². The summed E-state index contributed by atoms with van der Waals surface area (Å²) in [6.45, 7) is 7.13. The molecule has 2 rings (SSSR count). The highest BCUT2D eigenvalue weighted by molar-refractivity contribution is 4.93. The molecule has 5 heteroatoms. The molecule has 2 heterocycles. The summed E-state index contributed by atoms with van der Waals surface area (Å²) in [5, 5.41) is 13.1. The normalized spacial score (nSPS) is 43.2. The number of hydrogen-bond donors (Lipinski definition) is 2. The molecule has 0 aromatic rings. The Labute approximate surface area is 89.7 Å². The monoisotopic (exact) mass is 217 g/mol. The van der Waals surface area contributed by atoms with Crippen molar-refractivity contribution in [1.29, 1.82) is 0 Å². The van der Waals surface area contributed by atoms with Gasteiger partial charge in [-0.25, -0.2) is 0 Å². The minimum atomic E-state index is -0.653. The van der Waals surface area contributed by atoms with Gasteiger partial charge in [-0.2, -0.15) is 0 Å². The molecule has 0 saturated carbocycles. The second kappa shape index (κ2) is 3.99. The molecule has 4 atom stereocenters. The van der Waals surface area contributed by atoms with E-state index in [0.717, 1.165) is 6.54 Å². The van der Waals surface area contributed by atoms with Gasteiger partial charge >= 0.3 is 0 Å². The predicted molar refractivity (Wildman–Crippen MR) is 53.2 cm³/mol. The lowest BCUT2D eigenvalue weighted by atomic mass is 10.1. The minimum absolute atomic E-state index is 0.240. The van der Waals surface area contributed by atoms with Gasteiger partial charge in [-0.3, -0.25) is 0 Å². The molecule has 15 heavy (non-hydrogen) atoms. The molecule has 2 fully saturated rings. The largest absolute Gasteiger partial charge is 0.387 e. The Balaban J connectivity index is 1.93. The van der Waals surface area contributed by atoms with Crippen LogP contribution in [0.2, 0.25) is 0 Å². The smallest absolute Gasteiger partial charge is 0.190 e. The van der Waals surface area contributed by atoms with E-state index in [9.17, 15) is 5.11 Å². The van der Waals surface area contributed by atoms with Crippen LogP contribution in [-0.4, -0.2) is 48.6 Å². The van der Waals surface area contributed by atoms with Crippen LogP contribution >= 0.6 is 0 Å². The molecule has 0 spiro atoms. The van der Waals surface area contributed by atoms with Crippen LogP contribution in [0.15, 0.2) is 0 Å². The van der Waals surface area contributed by atoms with Crippen LogP contribution in [0.1, 0.15) is 20.8 Å². The van der Waals surface area contributed by atoms with Crippen molar-refractivity contribution in [2.45, 2.75) is 51.2 Å². The Morgan fingerprint density at radius 1 is 1.33 bits per heavy atom. The van der Waals surface area contributed by atoms with Gasteiger partial charge in [0.1, 0.15) is 18.3 Å². The second-order valence-electron chi connectivity index (χ2n) is 4.44. The third-order valence-electron chi connectivity index (χ3n) is 2.71. The fourth-order valence-electron chi connectivity index (χ4n) is 2.01. The number of aliphatic hydroxyl groups excluding tert-OH is 1. The number of aliphatic hydroxyl groups is 1. The average molecular weight is 217 g/mol. The topological polar surface area (TPSA) is 60.0 Å². The van der Waals surface area contributed by atoms with Gasteiger partial charge < -0.3 is 24.6 Å². The molecule has 0 aliphatic carbocycles. The first-order valence-corrected chi connectivity index (χ1v) is 5.43. The maximum absolute atomic E-state index is 9.95. The highest BCUT2D eigenvalue weighted by Crippen LogP contribution is 2.36. The lowest BCUT2D eigenvalue weighted by molar-refractivity contribution is -0.214. The zero-order valence-electron chi connectivity index (χ0n) is 9.40. The third kappa shape index (κ3) is 2.16. The van der Waals surface area contributed by atoms with Crippen LogP contribution in [0.4, 0.5) is 0 Å². The molecule has 0 amide bonds. The van der Waals surface area contributed by atoms with Gasteiger partial charge in [0.15, 0.2) is 12.1 Å². The quantitative estimate of drug-likeness (QED) is 0.687. The summed E-state index contributed by atoms with van der Waals surface area (Å²) in [4.78, 5) is 0. The van der Waals surface area contributed by atoms with E-state index in [1.54, 1.807) is 0 Å². The van der Waals surface area contributed by atoms with Crippen LogP contribution in [0.25, 0.3) is 0 Å².